The predicted octanol–water partition coefficient (Wildman–Crippen LogP) is 1.88. The predicted molar refractivity (Wildman–Crippen MR) is 71.3 cm³/mol. The maximum Gasteiger partial charge on any atom is 0.0644 e. The fourth-order valence-electron chi connectivity index (χ4n) is 3.66. The number of hydrogen-bond donors (Lipinski definition) is 1. The molecular weight excluding hydrogens is 212 g/mol. The molecule has 3 heteroatoms. The SMILES string of the molecule is COCC1(CC2CCCN(C)C2)CCCCN1. The first-order valence-electron chi connectivity index (χ1n) is 7.17. The Morgan fingerprint density at radius 2 is 2.24 bits per heavy atom. The molecule has 100 valence electrons. The molecule has 0 amide bonds. The molecule has 2 fully saturated rings. The minimum atomic E-state index is 0.274. The summed E-state index contributed by atoms with van der Waals surface area (Å²) >= 11 is 0. The quantitative estimate of drug-likeness (QED) is 0.812. The molecule has 0 bridgehead atoms. The molecule has 0 saturated carbocycles. The lowest BCUT2D eigenvalue weighted by Crippen LogP contribution is -2.54. The summed E-state index contributed by atoms with van der Waals surface area (Å²) in [6, 6.07) is 0. The van der Waals surface area contributed by atoms with E-state index in [1.165, 1.54) is 58.2 Å². The summed E-state index contributed by atoms with van der Waals surface area (Å²) in [6.45, 7) is 4.60. The van der Waals surface area contributed by atoms with Crippen molar-refractivity contribution in [3.8, 4) is 0 Å². The van der Waals surface area contributed by atoms with E-state index in [1.807, 2.05) is 7.11 Å². The number of piperidine rings is 2. The highest BCUT2D eigenvalue weighted by Gasteiger charge is 2.35. The van der Waals surface area contributed by atoms with Gasteiger partial charge in [-0.2, -0.15) is 0 Å². The molecule has 2 aliphatic heterocycles. The smallest absolute Gasteiger partial charge is 0.0644 e. The molecule has 2 saturated heterocycles. The first kappa shape index (κ1) is 13.3. The van der Waals surface area contributed by atoms with E-state index in [1.54, 1.807) is 0 Å². The van der Waals surface area contributed by atoms with Crippen molar-refractivity contribution < 1.29 is 4.74 Å². The molecule has 0 aromatic heterocycles. The summed E-state index contributed by atoms with van der Waals surface area (Å²) in [6.07, 6.45) is 8.04. The summed E-state index contributed by atoms with van der Waals surface area (Å²) in [5.74, 6) is 0.856. The maximum absolute atomic E-state index is 5.48. The van der Waals surface area contributed by atoms with Crippen LogP contribution in [0.1, 0.15) is 38.5 Å². The highest BCUT2D eigenvalue weighted by molar-refractivity contribution is 4.93. The van der Waals surface area contributed by atoms with E-state index < -0.39 is 0 Å². The number of nitrogens with zero attached hydrogens (tertiary/aromatic N) is 1. The van der Waals surface area contributed by atoms with Crippen LogP contribution in [0.25, 0.3) is 0 Å². The lowest BCUT2D eigenvalue weighted by atomic mass is 9.79. The van der Waals surface area contributed by atoms with Gasteiger partial charge in [0.1, 0.15) is 0 Å². The molecule has 2 rings (SSSR count). The van der Waals surface area contributed by atoms with Crippen molar-refractivity contribution in [2.75, 3.05) is 40.4 Å². The Morgan fingerprint density at radius 1 is 1.35 bits per heavy atom. The first-order valence-corrected chi connectivity index (χ1v) is 7.17. The van der Waals surface area contributed by atoms with Crippen molar-refractivity contribution in [1.82, 2.24) is 10.2 Å². The van der Waals surface area contributed by atoms with Crippen LogP contribution in [0.5, 0.6) is 0 Å². The Labute approximate surface area is 106 Å². The van der Waals surface area contributed by atoms with E-state index in [2.05, 4.69) is 17.3 Å². The van der Waals surface area contributed by atoms with Crippen molar-refractivity contribution >= 4 is 0 Å². The number of rotatable bonds is 4. The molecule has 2 unspecified atom stereocenters. The van der Waals surface area contributed by atoms with Crippen molar-refractivity contribution in [3.63, 3.8) is 0 Å². The third-order valence-electron chi connectivity index (χ3n) is 4.40. The average molecular weight is 240 g/mol. The van der Waals surface area contributed by atoms with Crippen molar-refractivity contribution in [2.45, 2.75) is 44.1 Å². The highest BCUT2D eigenvalue weighted by atomic mass is 16.5. The lowest BCUT2D eigenvalue weighted by Gasteiger charge is -2.42. The van der Waals surface area contributed by atoms with E-state index in [4.69, 9.17) is 4.74 Å². The summed E-state index contributed by atoms with van der Waals surface area (Å²) < 4.78 is 5.48. The first-order chi connectivity index (χ1) is 8.24. The van der Waals surface area contributed by atoms with E-state index in [0.717, 1.165) is 12.5 Å². The molecule has 0 aromatic rings. The van der Waals surface area contributed by atoms with Gasteiger partial charge in [0.15, 0.2) is 0 Å². The number of ether oxygens (including phenoxy) is 1. The fourth-order valence-corrected chi connectivity index (χ4v) is 3.66. The van der Waals surface area contributed by atoms with Gasteiger partial charge in [-0.05, 0) is 58.2 Å². The number of nitrogens with one attached hydrogen (secondary N) is 1. The van der Waals surface area contributed by atoms with Gasteiger partial charge in [0.25, 0.3) is 0 Å². The number of hydrogen-bond acceptors (Lipinski definition) is 3. The minimum Gasteiger partial charge on any atom is -0.383 e. The van der Waals surface area contributed by atoms with Crippen molar-refractivity contribution in [3.05, 3.63) is 0 Å². The highest BCUT2D eigenvalue weighted by Crippen LogP contribution is 2.30. The summed E-state index contributed by atoms with van der Waals surface area (Å²) in [7, 11) is 4.09. The Kier molecular flexibility index (Phi) is 4.83. The molecule has 2 aliphatic rings. The largest absolute Gasteiger partial charge is 0.383 e. The molecule has 0 aliphatic carbocycles. The van der Waals surface area contributed by atoms with Crippen LogP contribution in [0.4, 0.5) is 0 Å². The van der Waals surface area contributed by atoms with E-state index in [0.29, 0.717) is 0 Å². The van der Waals surface area contributed by atoms with E-state index in [9.17, 15) is 0 Å². The molecule has 3 nitrogen and oxygen atoms in total. The zero-order chi connectivity index (χ0) is 12.1. The van der Waals surface area contributed by atoms with E-state index >= 15 is 0 Å². The Balaban J connectivity index is 1.91. The number of likely N-dealkylation sites (tertiary alicyclic amines) is 1. The third kappa shape index (κ3) is 3.67. The van der Waals surface area contributed by atoms with Gasteiger partial charge in [-0.15, -0.1) is 0 Å². The third-order valence-corrected chi connectivity index (χ3v) is 4.40. The molecule has 0 spiro atoms. The van der Waals surface area contributed by atoms with Gasteiger partial charge in [-0.1, -0.05) is 6.42 Å². The summed E-state index contributed by atoms with van der Waals surface area (Å²) in [5, 5.41) is 3.75. The summed E-state index contributed by atoms with van der Waals surface area (Å²) in [4.78, 5) is 2.48. The molecular formula is C14H28N2O. The van der Waals surface area contributed by atoms with Gasteiger partial charge in [0.05, 0.1) is 6.61 Å². The Morgan fingerprint density at radius 3 is 2.88 bits per heavy atom. The topological polar surface area (TPSA) is 24.5 Å². The van der Waals surface area contributed by atoms with Gasteiger partial charge in [-0.3, -0.25) is 0 Å². The fraction of sp³-hybridized carbons (Fsp3) is 1.00. The standard InChI is InChI=1S/C14H28N2O/c1-16-9-5-6-13(11-16)10-14(12-17-2)7-3-4-8-15-14/h13,15H,3-12H2,1-2H3. The van der Waals surface area contributed by atoms with Gasteiger partial charge in [0, 0.05) is 19.2 Å². The van der Waals surface area contributed by atoms with Crippen LogP contribution in [0.15, 0.2) is 0 Å². The number of methoxy groups -OCH3 is 1. The van der Waals surface area contributed by atoms with Crippen molar-refractivity contribution in [2.24, 2.45) is 5.92 Å². The minimum absolute atomic E-state index is 0.274. The second kappa shape index (κ2) is 6.17. The van der Waals surface area contributed by atoms with Crippen LogP contribution in [-0.2, 0) is 4.74 Å². The molecule has 2 heterocycles. The van der Waals surface area contributed by atoms with Gasteiger partial charge >= 0.3 is 0 Å². The Bertz CT molecular complexity index is 221. The second-order valence-electron chi connectivity index (χ2n) is 6.07. The zero-order valence-electron chi connectivity index (χ0n) is 11.5. The Hall–Kier alpha value is -0.120. The van der Waals surface area contributed by atoms with Gasteiger partial charge in [-0.25, -0.2) is 0 Å². The second-order valence-corrected chi connectivity index (χ2v) is 6.07. The zero-order valence-corrected chi connectivity index (χ0v) is 11.5. The van der Waals surface area contributed by atoms with Crippen LogP contribution in [0.2, 0.25) is 0 Å². The average Bonchev–Trinajstić information content (AvgIpc) is 2.30. The summed E-state index contributed by atoms with van der Waals surface area (Å²) in [5.41, 5.74) is 0.274. The molecule has 0 aromatic carbocycles. The lowest BCUT2D eigenvalue weighted by molar-refractivity contribution is 0.0590. The van der Waals surface area contributed by atoms with Crippen LogP contribution in [0.3, 0.4) is 0 Å². The van der Waals surface area contributed by atoms with Crippen molar-refractivity contribution in [1.29, 1.82) is 0 Å². The van der Waals surface area contributed by atoms with Crippen LogP contribution in [0, 0.1) is 5.92 Å². The monoisotopic (exact) mass is 240 g/mol. The molecule has 2 atom stereocenters. The normalized spacial score (nSPS) is 36.0. The maximum atomic E-state index is 5.48. The van der Waals surface area contributed by atoms with E-state index in [-0.39, 0.29) is 5.54 Å². The molecule has 17 heavy (non-hydrogen) atoms. The van der Waals surface area contributed by atoms with Crippen LogP contribution >= 0.6 is 0 Å². The van der Waals surface area contributed by atoms with Gasteiger partial charge < -0.3 is 15.0 Å². The molecule has 0 radical (unpaired) electrons. The molecule has 1 N–H and O–H groups in total. The van der Waals surface area contributed by atoms with Crippen LogP contribution in [-0.4, -0.2) is 50.8 Å². The van der Waals surface area contributed by atoms with Gasteiger partial charge in [0.2, 0.25) is 0 Å². The van der Waals surface area contributed by atoms with Crippen LogP contribution < -0.4 is 5.32 Å².